The van der Waals surface area contributed by atoms with Gasteiger partial charge in [-0.1, -0.05) is 49.9 Å². The van der Waals surface area contributed by atoms with E-state index in [-0.39, 0.29) is 0 Å². The minimum atomic E-state index is -0.753. The molecular weight excluding hydrogens is 224 g/mol. The lowest BCUT2D eigenvalue weighted by Crippen LogP contribution is -2.07. The van der Waals surface area contributed by atoms with Crippen LogP contribution < -0.4 is 0 Å². The molecule has 1 aromatic rings. The van der Waals surface area contributed by atoms with Gasteiger partial charge in [0.05, 0.1) is 5.92 Å². The second kappa shape index (κ2) is 6.03. The van der Waals surface area contributed by atoms with Crippen LogP contribution in [0.4, 0.5) is 0 Å². The van der Waals surface area contributed by atoms with Crippen molar-refractivity contribution in [2.24, 2.45) is 0 Å². The van der Waals surface area contributed by atoms with E-state index >= 15 is 0 Å². The number of benzene rings is 1. The summed E-state index contributed by atoms with van der Waals surface area (Å²) < 4.78 is 0. The van der Waals surface area contributed by atoms with Crippen LogP contribution in [-0.2, 0) is 4.79 Å². The Morgan fingerprint density at radius 3 is 2.17 bits per heavy atom. The van der Waals surface area contributed by atoms with E-state index in [9.17, 15) is 4.79 Å². The Hall–Kier alpha value is -1.31. The van der Waals surface area contributed by atoms with Crippen LogP contribution in [0, 0.1) is 0 Å². The monoisotopic (exact) mass is 246 g/mol. The van der Waals surface area contributed by atoms with Crippen molar-refractivity contribution >= 4 is 5.97 Å². The van der Waals surface area contributed by atoms with Crippen LogP contribution in [0.1, 0.15) is 68.4 Å². The minimum Gasteiger partial charge on any atom is -0.481 e. The molecule has 1 saturated carbocycles. The molecule has 1 N–H and O–H groups in total. The van der Waals surface area contributed by atoms with Crippen molar-refractivity contribution in [3.05, 3.63) is 35.4 Å². The molecule has 0 aromatic heterocycles. The van der Waals surface area contributed by atoms with Gasteiger partial charge in [0.1, 0.15) is 0 Å². The first-order chi connectivity index (χ1) is 8.68. The highest BCUT2D eigenvalue weighted by atomic mass is 16.4. The molecule has 1 aromatic carbocycles. The van der Waals surface area contributed by atoms with Crippen LogP contribution >= 0.6 is 0 Å². The van der Waals surface area contributed by atoms with Crippen molar-refractivity contribution in [3.63, 3.8) is 0 Å². The third kappa shape index (κ3) is 3.12. The molecule has 1 aliphatic rings. The maximum absolute atomic E-state index is 10.9. The third-order valence-electron chi connectivity index (χ3n) is 4.13. The number of carboxylic acid groups (broad SMARTS) is 1. The summed E-state index contributed by atoms with van der Waals surface area (Å²) in [4.78, 5) is 10.9. The van der Waals surface area contributed by atoms with Gasteiger partial charge < -0.3 is 5.11 Å². The zero-order valence-electron chi connectivity index (χ0n) is 11.1. The summed E-state index contributed by atoms with van der Waals surface area (Å²) in [6.07, 6.45) is 7.97. The van der Waals surface area contributed by atoms with E-state index < -0.39 is 11.9 Å². The molecule has 0 aliphatic heterocycles. The van der Waals surface area contributed by atoms with E-state index in [1.807, 2.05) is 12.1 Å². The molecule has 1 fully saturated rings. The molecule has 0 saturated heterocycles. The molecule has 1 atom stereocenters. The van der Waals surface area contributed by atoms with Crippen LogP contribution in [0.15, 0.2) is 24.3 Å². The Bertz CT molecular complexity index is 386. The zero-order chi connectivity index (χ0) is 13.0. The highest BCUT2D eigenvalue weighted by Gasteiger charge is 2.16. The molecule has 2 rings (SSSR count). The fourth-order valence-electron chi connectivity index (χ4n) is 2.81. The fraction of sp³-hybridized carbons (Fsp3) is 0.562. The van der Waals surface area contributed by atoms with E-state index in [1.54, 1.807) is 6.92 Å². The number of rotatable bonds is 3. The predicted octanol–water partition coefficient (Wildman–Crippen LogP) is 4.31. The van der Waals surface area contributed by atoms with Gasteiger partial charge in [-0.2, -0.15) is 0 Å². The van der Waals surface area contributed by atoms with Gasteiger partial charge >= 0.3 is 5.97 Å². The molecule has 2 heteroatoms. The smallest absolute Gasteiger partial charge is 0.310 e. The van der Waals surface area contributed by atoms with Crippen molar-refractivity contribution in [3.8, 4) is 0 Å². The Labute approximate surface area is 109 Å². The number of hydrogen-bond acceptors (Lipinski definition) is 1. The lowest BCUT2D eigenvalue weighted by Gasteiger charge is -2.15. The largest absolute Gasteiger partial charge is 0.481 e. The van der Waals surface area contributed by atoms with Gasteiger partial charge in [0.25, 0.3) is 0 Å². The molecular formula is C16H22O2. The highest BCUT2D eigenvalue weighted by Crippen LogP contribution is 2.32. The Morgan fingerprint density at radius 1 is 1.11 bits per heavy atom. The summed E-state index contributed by atoms with van der Waals surface area (Å²) in [6.45, 7) is 1.74. The standard InChI is InChI=1S/C16H22O2/c1-12(16(17)18)13-8-10-15(11-9-13)14-6-4-2-3-5-7-14/h8-12,14H,2-7H2,1H3,(H,17,18). The van der Waals surface area contributed by atoms with E-state index in [0.29, 0.717) is 5.92 Å². The van der Waals surface area contributed by atoms with Crippen molar-refractivity contribution < 1.29 is 9.90 Å². The molecule has 0 radical (unpaired) electrons. The summed E-state index contributed by atoms with van der Waals surface area (Å²) in [5.41, 5.74) is 2.29. The normalized spacial score (nSPS) is 19.2. The van der Waals surface area contributed by atoms with Crippen molar-refractivity contribution in [2.75, 3.05) is 0 Å². The van der Waals surface area contributed by atoms with Crippen LogP contribution in [0.5, 0.6) is 0 Å². The topological polar surface area (TPSA) is 37.3 Å². The first-order valence-electron chi connectivity index (χ1n) is 7.01. The quantitative estimate of drug-likeness (QED) is 0.807. The van der Waals surface area contributed by atoms with Crippen molar-refractivity contribution in [1.82, 2.24) is 0 Å². The molecule has 0 amide bonds. The van der Waals surface area contributed by atoms with Crippen LogP contribution in [0.25, 0.3) is 0 Å². The maximum atomic E-state index is 10.9. The number of aliphatic carboxylic acids is 1. The highest BCUT2D eigenvalue weighted by molar-refractivity contribution is 5.75. The zero-order valence-corrected chi connectivity index (χ0v) is 11.1. The predicted molar refractivity (Wildman–Crippen MR) is 72.9 cm³/mol. The fourth-order valence-corrected chi connectivity index (χ4v) is 2.81. The lowest BCUT2D eigenvalue weighted by atomic mass is 9.90. The van der Waals surface area contributed by atoms with Gasteiger partial charge in [-0.05, 0) is 36.8 Å². The molecule has 18 heavy (non-hydrogen) atoms. The van der Waals surface area contributed by atoms with Crippen LogP contribution in [0.2, 0.25) is 0 Å². The third-order valence-corrected chi connectivity index (χ3v) is 4.13. The van der Waals surface area contributed by atoms with Crippen LogP contribution in [-0.4, -0.2) is 11.1 Å². The molecule has 0 bridgehead atoms. The summed E-state index contributed by atoms with van der Waals surface area (Å²) in [6, 6.07) is 8.23. The van der Waals surface area contributed by atoms with Gasteiger partial charge in [0.2, 0.25) is 0 Å². The van der Waals surface area contributed by atoms with Crippen LogP contribution in [0.3, 0.4) is 0 Å². The molecule has 98 valence electrons. The van der Waals surface area contributed by atoms with Crippen molar-refractivity contribution in [2.45, 2.75) is 57.3 Å². The SMILES string of the molecule is CC(C(=O)O)c1ccc(C2CCCCCC2)cc1. The summed E-state index contributed by atoms with van der Waals surface area (Å²) in [5, 5.41) is 8.99. The summed E-state index contributed by atoms with van der Waals surface area (Å²) >= 11 is 0. The van der Waals surface area contributed by atoms with E-state index in [0.717, 1.165) is 5.56 Å². The number of carbonyl (C=O) groups is 1. The number of hydrogen-bond donors (Lipinski definition) is 1. The van der Waals surface area contributed by atoms with E-state index in [1.165, 1.54) is 44.1 Å². The minimum absolute atomic E-state index is 0.409. The Balaban J connectivity index is 2.08. The first kappa shape index (κ1) is 13.1. The van der Waals surface area contributed by atoms with Gasteiger partial charge in [-0.15, -0.1) is 0 Å². The van der Waals surface area contributed by atoms with E-state index in [4.69, 9.17) is 5.11 Å². The maximum Gasteiger partial charge on any atom is 0.310 e. The second-order valence-electron chi connectivity index (χ2n) is 5.42. The Morgan fingerprint density at radius 2 is 1.67 bits per heavy atom. The summed E-state index contributed by atoms with van der Waals surface area (Å²) in [5.74, 6) is -0.480. The molecule has 1 aliphatic carbocycles. The first-order valence-corrected chi connectivity index (χ1v) is 7.01. The average Bonchev–Trinajstić information content (AvgIpc) is 2.67. The number of carboxylic acids is 1. The molecule has 1 unspecified atom stereocenters. The van der Waals surface area contributed by atoms with Crippen molar-refractivity contribution in [1.29, 1.82) is 0 Å². The van der Waals surface area contributed by atoms with Gasteiger partial charge in [-0.3, -0.25) is 4.79 Å². The summed E-state index contributed by atoms with van der Waals surface area (Å²) in [7, 11) is 0. The molecule has 0 heterocycles. The Kier molecular flexibility index (Phi) is 4.40. The van der Waals surface area contributed by atoms with Gasteiger partial charge in [-0.25, -0.2) is 0 Å². The van der Waals surface area contributed by atoms with Gasteiger partial charge in [0.15, 0.2) is 0 Å². The average molecular weight is 246 g/mol. The van der Waals surface area contributed by atoms with Gasteiger partial charge in [0, 0.05) is 0 Å². The molecule has 2 nitrogen and oxygen atoms in total. The lowest BCUT2D eigenvalue weighted by molar-refractivity contribution is -0.138. The van der Waals surface area contributed by atoms with E-state index in [2.05, 4.69) is 12.1 Å². The molecule has 0 spiro atoms. The second-order valence-corrected chi connectivity index (χ2v) is 5.42.